The van der Waals surface area contributed by atoms with Crippen molar-refractivity contribution >= 4 is 15.7 Å². The fraction of sp³-hybridized carbons (Fsp3) is 0.929. The molecule has 7 heteroatoms. The molecule has 0 aromatic heterocycles. The molecule has 2 N–H and O–H groups in total. The maximum absolute atomic E-state index is 12.2. The number of nitrogens with zero attached hydrogens (tertiary/aromatic N) is 1. The molecule has 122 valence electrons. The van der Waals surface area contributed by atoms with Gasteiger partial charge in [-0.3, -0.25) is 9.69 Å². The van der Waals surface area contributed by atoms with Gasteiger partial charge in [-0.05, 0) is 52.7 Å². The Morgan fingerprint density at radius 2 is 2.14 bits per heavy atom. The Bertz CT molecular complexity index is 472. The van der Waals surface area contributed by atoms with Crippen molar-refractivity contribution < 1.29 is 13.2 Å². The minimum absolute atomic E-state index is 0.0583. The lowest BCUT2D eigenvalue weighted by Crippen LogP contribution is -2.51. The van der Waals surface area contributed by atoms with Gasteiger partial charge in [0.05, 0.1) is 23.6 Å². The first kappa shape index (κ1) is 16.7. The monoisotopic (exact) mass is 317 g/mol. The van der Waals surface area contributed by atoms with E-state index in [-0.39, 0.29) is 17.4 Å². The van der Waals surface area contributed by atoms with Crippen LogP contribution in [0, 0.1) is 0 Å². The van der Waals surface area contributed by atoms with Gasteiger partial charge in [-0.2, -0.15) is 0 Å². The number of hydrogen-bond acceptors (Lipinski definition) is 5. The highest BCUT2D eigenvalue weighted by Gasteiger charge is 2.39. The van der Waals surface area contributed by atoms with Gasteiger partial charge < -0.3 is 10.6 Å². The molecular formula is C14H27N3O3S. The van der Waals surface area contributed by atoms with E-state index >= 15 is 0 Å². The van der Waals surface area contributed by atoms with Crippen LogP contribution in [0.15, 0.2) is 0 Å². The summed E-state index contributed by atoms with van der Waals surface area (Å²) >= 11 is 0. The summed E-state index contributed by atoms with van der Waals surface area (Å²) in [4.78, 5) is 14.3. The Kier molecular flexibility index (Phi) is 5.27. The van der Waals surface area contributed by atoms with Crippen molar-refractivity contribution in [2.24, 2.45) is 0 Å². The number of carbonyl (C=O) groups is 1. The number of sulfone groups is 1. The van der Waals surface area contributed by atoms with Crippen molar-refractivity contribution in [3.05, 3.63) is 0 Å². The van der Waals surface area contributed by atoms with Crippen LogP contribution >= 0.6 is 0 Å². The highest BCUT2D eigenvalue weighted by molar-refractivity contribution is 7.91. The Morgan fingerprint density at radius 3 is 2.81 bits per heavy atom. The molecule has 0 bridgehead atoms. The molecule has 2 saturated heterocycles. The van der Waals surface area contributed by atoms with E-state index in [1.165, 1.54) is 0 Å². The van der Waals surface area contributed by atoms with Gasteiger partial charge in [0, 0.05) is 6.04 Å². The van der Waals surface area contributed by atoms with Crippen LogP contribution in [0.25, 0.3) is 0 Å². The number of nitrogens with one attached hydrogen (secondary N) is 2. The third-order valence-electron chi connectivity index (χ3n) is 4.51. The standard InChI is InChI=1S/C14H27N3O3S/c1-14(6-9-21(19,20)11-14)16-13(18)10-17(2)12-4-3-7-15-8-5-12/h12,15H,3-11H2,1-2H3,(H,16,18). The average Bonchev–Trinajstić information content (AvgIpc) is 2.59. The first-order valence-corrected chi connectivity index (χ1v) is 9.54. The number of rotatable bonds is 4. The molecule has 0 aromatic carbocycles. The van der Waals surface area contributed by atoms with Gasteiger partial charge in [-0.15, -0.1) is 0 Å². The van der Waals surface area contributed by atoms with Gasteiger partial charge in [-0.25, -0.2) is 8.42 Å². The molecule has 2 unspecified atom stereocenters. The third kappa shape index (κ3) is 4.93. The maximum atomic E-state index is 12.2. The van der Waals surface area contributed by atoms with Crippen LogP contribution in [-0.2, 0) is 14.6 Å². The normalized spacial score (nSPS) is 32.8. The van der Waals surface area contributed by atoms with Gasteiger partial charge >= 0.3 is 0 Å². The van der Waals surface area contributed by atoms with Crippen LogP contribution < -0.4 is 10.6 Å². The molecule has 0 spiro atoms. The molecule has 0 aliphatic carbocycles. The second-order valence-electron chi connectivity index (χ2n) is 6.70. The van der Waals surface area contributed by atoms with Crippen LogP contribution in [0.1, 0.15) is 32.6 Å². The summed E-state index contributed by atoms with van der Waals surface area (Å²) in [7, 11) is -1.01. The van der Waals surface area contributed by atoms with Crippen molar-refractivity contribution in [2.75, 3.05) is 38.2 Å². The smallest absolute Gasteiger partial charge is 0.234 e. The van der Waals surface area contributed by atoms with E-state index in [0.717, 1.165) is 32.4 Å². The van der Waals surface area contributed by atoms with E-state index < -0.39 is 15.4 Å². The fourth-order valence-electron chi connectivity index (χ4n) is 3.28. The highest BCUT2D eigenvalue weighted by atomic mass is 32.2. The van der Waals surface area contributed by atoms with Crippen LogP contribution in [-0.4, -0.2) is 69.0 Å². The van der Waals surface area contributed by atoms with E-state index in [9.17, 15) is 13.2 Å². The largest absolute Gasteiger partial charge is 0.349 e. The van der Waals surface area contributed by atoms with Crippen LogP contribution in [0.5, 0.6) is 0 Å². The Balaban J connectivity index is 1.83. The molecular weight excluding hydrogens is 290 g/mol. The third-order valence-corrected chi connectivity index (χ3v) is 6.41. The quantitative estimate of drug-likeness (QED) is 0.748. The summed E-state index contributed by atoms with van der Waals surface area (Å²) in [5.74, 6) is 0.158. The zero-order valence-electron chi connectivity index (χ0n) is 13.0. The summed E-state index contributed by atoms with van der Waals surface area (Å²) in [6.45, 7) is 4.20. The van der Waals surface area contributed by atoms with Gasteiger partial charge in [0.2, 0.25) is 5.91 Å². The second kappa shape index (κ2) is 6.62. The molecule has 2 fully saturated rings. The topological polar surface area (TPSA) is 78.5 Å². The predicted octanol–water partition coefficient (Wildman–Crippen LogP) is -0.246. The van der Waals surface area contributed by atoms with Crippen LogP contribution in [0.3, 0.4) is 0 Å². The predicted molar refractivity (Wildman–Crippen MR) is 83.0 cm³/mol. The fourth-order valence-corrected chi connectivity index (χ4v) is 5.38. The first-order chi connectivity index (χ1) is 9.80. The van der Waals surface area contributed by atoms with Crippen LogP contribution in [0.4, 0.5) is 0 Å². The highest BCUT2D eigenvalue weighted by Crippen LogP contribution is 2.22. The molecule has 2 aliphatic heterocycles. The molecule has 2 rings (SSSR count). The molecule has 0 saturated carbocycles. The summed E-state index contributed by atoms with van der Waals surface area (Å²) in [6, 6.07) is 0.422. The summed E-state index contributed by atoms with van der Waals surface area (Å²) in [5, 5.41) is 6.29. The number of amides is 1. The minimum atomic E-state index is -2.99. The Hall–Kier alpha value is -0.660. The number of likely N-dealkylation sites (N-methyl/N-ethyl adjacent to an activating group) is 1. The van der Waals surface area contributed by atoms with E-state index in [0.29, 0.717) is 19.0 Å². The molecule has 2 aliphatic rings. The average molecular weight is 317 g/mol. The molecule has 2 atom stereocenters. The molecule has 0 aromatic rings. The SMILES string of the molecule is CN(CC(=O)NC1(C)CCS(=O)(=O)C1)C1CCCNCC1. The Morgan fingerprint density at radius 1 is 1.38 bits per heavy atom. The molecule has 1 amide bonds. The summed E-state index contributed by atoms with van der Waals surface area (Å²) < 4.78 is 23.1. The second-order valence-corrected chi connectivity index (χ2v) is 8.88. The lowest BCUT2D eigenvalue weighted by molar-refractivity contribution is -0.124. The maximum Gasteiger partial charge on any atom is 0.234 e. The van der Waals surface area contributed by atoms with Crippen molar-refractivity contribution in [2.45, 2.75) is 44.2 Å². The molecule has 2 heterocycles. The van der Waals surface area contributed by atoms with Crippen molar-refractivity contribution in [3.8, 4) is 0 Å². The van der Waals surface area contributed by atoms with Gasteiger partial charge in [0.1, 0.15) is 0 Å². The minimum Gasteiger partial charge on any atom is -0.349 e. The number of carbonyl (C=O) groups excluding carboxylic acids is 1. The van der Waals surface area contributed by atoms with Crippen molar-refractivity contribution in [3.63, 3.8) is 0 Å². The van der Waals surface area contributed by atoms with Crippen LogP contribution in [0.2, 0.25) is 0 Å². The van der Waals surface area contributed by atoms with Gasteiger partial charge in [0.25, 0.3) is 0 Å². The molecule has 21 heavy (non-hydrogen) atoms. The van der Waals surface area contributed by atoms with E-state index in [4.69, 9.17) is 0 Å². The first-order valence-electron chi connectivity index (χ1n) is 7.72. The summed E-state index contributed by atoms with van der Waals surface area (Å²) in [6.07, 6.45) is 3.79. The van der Waals surface area contributed by atoms with Crippen molar-refractivity contribution in [1.29, 1.82) is 0 Å². The summed E-state index contributed by atoms with van der Waals surface area (Å²) in [5.41, 5.74) is -0.595. The zero-order valence-corrected chi connectivity index (χ0v) is 13.8. The van der Waals surface area contributed by atoms with Gasteiger partial charge in [-0.1, -0.05) is 0 Å². The molecule has 6 nitrogen and oxygen atoms in total. The zero-order chi connectivity index (χ0) is 15.5. The van der Waals surface area contributed by atoms with E-state index in [2.05, 4.69) is 15.5 Å². The molecule has 0 radical (unpaired) electrons. The van der Waals surface area contributed by atoms with Gasteiger partial charge in [0.15, 0.2) is 9.84 Å². The lowest BCUT2D eigenvalue weighted by atomic mass is 10.0. The van der Waals surface area contributed by atoms with E-state index in [1.807, 2.05) is 14.0 Å². The van der Waals surface area contributed by atoms with E-state index in [1.54, 1.807) is 0 Å². The number of hydrogen-bond donors (Lipinski definition) is 2. The lowest BCUT2D eigenvalue weighted by Gasteiger charge is -2.29. The van der Waals surface area contributed by atoms with Crippen molar-refractivity contribution in [1.82, 2.24) is 15.5 Å². The Labute approximate surface area is 127 Å².